The van der Waals surface area contributed by atoms with Crippen molar-refractivity contribution in [3.63, 3.8) is 0 Å². The van der Waals surface area contributed by atoms with E-state index in [9.17, 15) is 14.9 Å². The Bertz CT molecular complexity index is 1590. The van der Waals surface area contributed by atoms with Crippen LogP contribution in [0.1, 0.15) is 72.9 Å². The van der Waals surface area contributed by atoms with E-state index in [0.717, 1.165) is 84.7 Å². The number of aryl methyl sites for hydroxylation is 1. The predicted octanol–water partition coefficient (Wildman–Crippen LogP) is 5.21. The van der Waals surface area contributed by atoms with Gasteiger partial charge in [0.15, 0.2) is 5.78 Å². The molecule has 0 saturated carbocycles. The fraction of sp³-hybridized carbons (Fsp3) is 0.485. The first-order valence-electron chi connectivity index (χ1n) is 14.6. The molecule has 0 bridgehead atoms. The summed E-state index contributed by atoms with van der Waals surface area (Å²) in [4.78, 5) is 36.3. The molecule has 0 unspecified atom stereocenters. The molecule has 2 fully saturated rings. The van der Waals surface area contributed by atoms with Gasteiger partial charge < -0.3 is 19.5 Å². The summed E-state index contributed by atoms with van der Waals surface area (Å²) < 4.78 is 5.49. The highest BCUT2D eigenvalue weighted by atomic mass is 16.6. The number of H-pyrrole nitrogens is 1. The number of aromatic nitrogens is 1. The first kappa shape index (κ1) is 27.3. The summed E-state index contributed by atoms with van der Waals surface area (Å²) in [6, 6.07) is 12.0. The van der Waals surface area contributed by atoms with Crippen molar-refractivity contribution < 1.29 is 14.3 Å². The number of nitriles is 1. The maximum Gasteiger partial charge on any atom is 0.410 e. The number of nitrogens with zero attached hydrogens (tertiary/aromatic N) is 4. The zero-order valence-electron chi connectivity index (χ0n) is 24.9. The molecule has 1 N–H and O–H groups in total. The lowest BCUT2D eigenvalue weighted by atomic mass is 9.70. The van der Waals surface area contributed by atoms with Crippen molar-refractivity contribution >= 4 is 28.5 Å². The van der Waals surface area contributed by atoms with Crippen molar-refractivity contribution in [2.24, 2.45) is 5.92 Å². The maximum absolute atomic E-state index is 13.8. The van der Waals surface area contributed by atoms with Gasteiger partial charge in [-0.25, -0.2) is 4.79 Å². The molecule has 214 valence electrons. The van der Waals surface area contributed by atoms with Crippen molar-refractivity contribution in [3.8, 4) is 6.07 Å². The Morgan fingerprint density at radius 3 is 2.49 bits per heavy atom. The number of rotatable bonds is 3. The molecule has 3 aliphatic rings. The van der Waals surface area contributed by atoms with Crippen LogP contribution in [0.15, 0.2) is 30.3 Å². The van der Waals surface area contributed by atoms with Crippen LogP contribution >= 0.6 is 0 Å². The number of likely N-dealkylation sites (tertiary alicyclic amines) is 1. The van der Waals surface area contributed by atoms with Crippen LogP contribution in [0, 0.1) is 24.2 Å². The van der Waals surface area contributed by atoms with Crippen LogP contribution in [-0.4, -0.2) is 78.1 Å². The second-order valence-electron chi connectivity index (χ2n) is 13.4. The van der Waals surface area contributed by atoms with Gasteiger partial charge in [0, 0.05) is 85.0 Å². The Balaban J connectivity index is 1.16. The molecular weight excluding hydrogens is 514 g/mol. The third-order valence-corrected chi connectivity index (χ3v) is 8.87. The number of fused-ring (bicyclic) bond motifs is 4. The number of anilines is 1. The quantitative estimate of drug-likeness (QED) is 0.479. The van der Waals surface area contributed by atoms with E-state index in [0.29, 0.717) is 11.5 Å². The van der Waals surface area contributed by atoms with Crippen molar-refractivity contribution in [1.82, 2.24) is 14.8 Å². The summed E-state index contributed by atoms with van der Waals surface area (Å²) in [6.07, 6.45) is -0.214. The summed E-state index contributed by atoms with van der Waals surface area (Å²) in [6.45, 7) is 18.4. The monoisotopic (exact) mass is 553 g/mol. The zero-order valence-corrected chi connectivity index (χ0v) is 24.9. The molecule has 3 aromatic rings. The van der Waals surface area contributed by atoms with E-state index < -0.39 is 5.60 Å². The molecule has 1 amide bonds. The van der Waals surface area contributed by atoms with Crippen LogP contribution in [0.4, 0.5) is 10.5 Å². The van der Waals surface area contributed by atoms with Crippen LogP contribution in [0.2, 0.25) is 0 Å². The number of hydrogen-bond donors (Lipinski definition) is 1. The summed E-state index contributed by atoms with van der Waals surface area (Å²) in [7, 11) is 0. The van der Waals surface area contributed by atoms with Gasteiger partial charge in [-0.3, -0.25) is 9.69 Å². The van der Waals surface area contributed by atoms with Crippen LogP contribution in [0.5, 0.6) is 0 Å². The SMILES string of the molecule is Cc1cc2c(cc1N1CCN(CC3CN(C(=O)OC(C)(C)C)C3)CC1)C(C)(C)c1[nH]c3cc(C#N)ccc3c1C2=O. The van der Waals surface area contributed by atoms with Crippen LogP contribution < -0.4 is 4.90 Å². The molecule has 0 atom stereocenters. The van der Waals surface area contributed by atoms with E-state index in [1.165, 1.54) is 5.69 Å². The minimum atomic E-state index is -0.463. The first-order valence-corrected chi connectivity index (χ1v) is 14.6. The van der Waals surface area contributed by atoms with E-state index in [1.807, 2.05) is 32.9 Å². The number of ether oxygens (including phenoxy) is 1. The van der Waals surface area contributed by atoms with Crippen LogP contribution in [-0.2, 0) is 10.2 Å². The fourth-order valence-electron chi connectivity index (χ4n) is 6.68. The average molecular weight is 554 g/mol. The molecule has 0 spiro atoms. The largest absolute Gasteiger partial charge is 0.444 e. The minimum Gasteiger partial charge on any atom is -0.444 e. The zero-order chi connectivity index (χ0) is 29.3. The summed E-state index contributed by atoms with van der Waals surface area (Å²) in [5.41, 5.74) is 6.32. The maximum atomic E-state index is 13.8. The Morgan fingerprint density at radius 1 is 1.12 bits per heavy atom. The lowest BCUT2D eigenvalue weighted by Gasteiger charge is -2.44. The highest BCUT2D eigenvalue weighted by Crippen LogP contribution is 2.45. The molecule has 1 aromatic heterocycles. The number of carbonyl (C=O) groups is 2. The van der Waals surface area contributed by atoms with Crippen molar-refractivity contribution in [2.45, 2.75) is 52.6 Å². The van der Waals surface area contributed by atoms with Gasteiger partial charge >= 0.3 is 6.09 Å². The van der Waals surface area contributed by atoms with Gasteiger partial charge in [-0.1, -0.05) is 19.9 Å². The topological polar surface area (TPSA) is 92.7 Å². The van der Waals surface area contributed by atoms with E-state index in [4.69, 9.17) is 4.74 Å². The molecule has 3 heterocycles. The lowest BCUT2D eigenvalue weighted by Crippen LogP contribution is -2.57. The highest BCUT2D eigenvalue weighted by Gasteiger charge is 2.41. The fourth-order valence-corrected chi connectivity index (χ4v) is 6.68. The van der Waals surface area contributed by atoms with Crippen LogP contribution in [0.3, 0.4) is 0 Å². The van der Waals surface area contributed by atoms with E-state index in [1.54, 1.807) is 11.0 Å². The molecule has 2 saturated heterocycles. The lowest BCUT2D eigenvalue weighted by molar-refractivity contribution is -0.00658. The third kappa shape index (κ3) is 4.76. The number of piperazine rings is 1. The van der Waals surface area contributed by atoms with Crippen molar-refractivity contribution in [3.05, 3.63) is 63.8 Å². The van der Waals surface area contributed by atoms with Gasteiger partial charge in [0.2, 0.25) is 0 Å². The molecule has 2 aliphatic heterocycles. The van der Waals surface area contributed by atoms with E-state index in [-0.39, 0.29) is 17.3 Å². The summed E-state index contributed by atoms with van der Waals surface area (Å²) in [5.74, 6) is 0.534. The Kier molecular flexibility index (Phi) is 6.42. The van der Waals surface area contributed by atoms with Gasteiger partial charge in [-0.15, -0.1) is 0 Å². The number of nitrogens with one attached hydrogen (secondary N) is 1. The molecular formula is C33H39N5O3. The standard InChI is InChI=1S/C33H39N5O3/c1-20-13-24-25(33(5,6)30-28(29(24)39)23-8-7-21(16-34)14-26(23)35-30)15-27(20)37-11-9-36(10-12-37)17-22-18-38(19-22)31(40)41-32(2,3)4/h7-8,13-15,22,35H,9-12,17-19H2,1-6H3. The van der Waals surface area contributed by atoms with Crippen molar-refractivity contribution in [1.29, 1.82) is 5.26 Å². The second kappa shape index (κ2) is 9.63. The van der Waals surface area contributed by atoms with Gasteiger partial charge in [0.05, 0.1) is 17.2 Å². The minimum absolute atomic E-state index is 0.0469. The highest BCUT2D eigenvalue weighted by molar-refractivity contribution is 6.20. The number of benzene rings is 2. The Hall–Kier alpha value is -3.83. The number of aromatic amines is 1. The molecule has 0 radical (unpaired) electrons. The molecule has 6 rings (SSSR count). The molecule has 1 aliphatic carbocycles. The molecule has 8 nitrogen and oxygen atoms in total. The molecule has 2 aromatic carbocycles. The smallest absolute Gasteiger partial charge is 0.410 e. The van der Waals surface area contributed by atoms with Gasteiger partial charge in [0.25, 0.3) is 0 Å². The molecule has 41 heavy (non-hydrogen) atoms. The normalized spacial score (nSPS) is 19.0. The number of amides is 1. The Labute approximate surface area is 241 Å². The summed E-state index contributed by atoms with van der Waals surface area (Å²) in [5, 5.41) is 10.2. The molecule has 8 heteroatoms. The van der Waals surface area contributed by atoms with Gasteiger partial charge in [0.1, 0.15) is 5.60 Å². The number of ketones is 1. The van der Waals surface area contributed by atoms with Crippen molar-refractivity contribution in [2.75, 3.05) is 50.7 Å². The third-order valence-electron chi connectivity index (χ3n) is 8.87. The van der Waals surface area contributed by atoms with E-state index >= 15 is 0 Å². The van der Waals surface area contributed by atoms with Gasteiger partial charge in [-0.05, 0) is 63.1 Å². The predicted molar refractivity (Wildman–Crippen MR) is 160 cm³/mol. The second-order valence-corrected chi connectivity index (χ2v) is 13.4. The average Bonchev–Trinajstić information content (AvgIpc) is 3.28. The Morgan fingerprint density at radius 2 is 1.83 bits per heavy atom. The number of hydrogen-bond acceptors (Lipinski definition) is 6. The first-order chi connectivity index (χ1) is 19.4. The summed E-state index contributed by atoms with van der Waals surface area (Å²) >= 11 is 0. The van der Waals surface area contributed by atoms with Gasteiger partial charge in [-0.2, -0.15) is 5.26 Å². The van der Waals surface area contributed by atoms with Crippen LogP contribution in [0.25, 0.3) is 10.9 Å². The number of carbonyl (C=O) groups excluding carboxylic acids is 2. The van der Waals surface area contributed by atoms with E-state index in [2.05, 4.69) is 53.8 Å².